The summed E-state index contributed by atoms with van der Waals surface area (Å²) in [5, 5.41) is 0. The molecule has 0 N–H and O–H groups in total. The second-order valence-corrected chi connectivity index (χ2v) is 22.2. The van der Waals surface area contributed by atoms with Crippen molar-refractivity contribution in [2.75, 3.05) is 47.5 Å². The number of phosphoric acid groups is 1. The van der Waals surface area contributed by atoms with Crippen LogP contribution in [0.2, 0.25) is 0 Å². The molecule has 0 bridgehead atoms. The van der Waals surface area contributed by atoms with Crippen LogP contribution in [-0.2, 0) is 32.7 Å². The van der Waals surface area contributed by atoms with Gasteiger partial charge in [0.2, 0.25) is 0 Å². The molecular weight excluding hydrogens is 750 g/mol. The average molecular weight is 846 g/mol. The first kappa shape index (κ1) is 57.0. The van der Waals surface area contributed by atoms with Crippen LogP contribution in [0.5, 0.6) is 0 Å². The summed E-state index contributed by atoms with van der Waals surface area (Å²) in [5.41, 5.74) is 0. The summed E-state index contributed by atoms with van der Waals surface area (Å²) in [4.78, 5) is 38.4. The van der Waals surface area contributed by atoms with Gasteiger partial charge in [-0.05, 0) is 47.3 Å². The minimum absolute atomic E-state index is 0.0359. The third-order valence-electron chi connectivity index (χ3n) is 11.7. The highest BCUT2D eigenvalue weighted by molar-refractivity contribution is 7.45. The smallest absolute Gasteiger partial charge is 0.306 e. The summed E-state index contributed by atoms with van der Waals surface area (Å²) in [6.07, 6.45) is 21.2. The predicted molar refractivity (Wildman–Crippen MR) is 240 cm³/mol. The molecule has 9 nitrogen and oxygen atoms in total. The number of carbonyl (C=O) groups is 2. The van der Waals surface area contributed by atoms with Crippen LogP contribution in [0.3, 0.4) is 0 Å². The minimum atomic E-state index is -4.65. The van der Waals surface area contributed by atoms with E-state index in [1.54, 1.807) is 0 Å². The molecule has 10 heteroatoms. The van der Waals surface area contributed by atoms with Crippen molar-refractivity contribution in [3.63, 3.8) is 0 Å². The lowest BCUT2D eigenvalue weighted by atomic mass is 9.91. The zero-order chi connectivity index (χ0) is 44.1. The van der Waals surface area contributed by atoms with E-state index in [1.165, 1.54) is 77.0 Å². The quantitative estimate of drug-likeness (QED) is 0.0343. The van der Waals surface area contributed by atoms with E-state index in [1.807, 2.05) is 28.1 Å². The van der Waals surface area contributed by atoms with E-state index in [9.17, 15) is 19.0 Å². The topological polar surface area (TPSA) is 111 Å². The predicted octanol–water partition coefficient (Wildman–Crippen LogP) is 12.6. The maximum Gasteiger partial charge on any atom is 0.306 e. The van der Waals surface area contributed by atoms with Gasteiger partial charge in [-0.25, -0.2) is 0 Å². The maximum absolute atomic E-state index is 13.0. The van der Waals surface area contributed by atoms with Crippen molar-refractivity contribution in [1.29, 1.82) is 0 Å². The van der Waals surface area contributed by atoms with Crippen molar-refractivity contribution < 1.29 is 42.1 Å². The van der Waals surface area contributed by atoms with Crippen LogP contribution >= 0.6 is 7.82 Å². The highest BCUT2D eigenvalue weighted by Crippen LogP contribution is 2.38. The molecule has 0 rings (SSSR count). The van der Waals surface area contributed by atoms with Gasteiger partial charge in [0.05, 0.1) is 27.7 Å². The number of rotatable bonds is 38. The second-order valence-electron chi connectivity index (χ2n) is 20.8. The lowest BCUT2D eigenvalue weighted by Crippen LogP contribution is -2.37. The number of phosphoric ester groups is 1. The fourth-order valence-corrected chi connectivity index (χ4v) is 8.32. The Labute approximate surface area is 359 Å². The normalized spacial score (nSPS) is 17.0. The molecule has 0 radical (unpaired) electrons. The van der Waals surface area contributed by atoms with Gasteiger partial charge in [-0.2, -0.15) is 0 Å². The number of nitrogens with zero attached hydrogens (tertiary/aromatic N) is 1. The zero-order valence-corrected chi connectivity index (χ0v) is 41.2. The lowest BCUT2D eigenvalue weighted by molar-refractivity contribution is -0.870. The largest absolute Gasteiger partial charge is 0.756 e. The molecule has 0 aromatic carbocycles. The Hall–Kier alpha value is -0.990. The molecule has 0 amide bonds. The number of hydrogen-bond donors (Lipinski definition) is 0. The molecule has 0 aliphatic rings. The van der Waals surface area contributed by atoms with E-state index in [0.717, 1.165) is 62.2 Å². The molecular formula is C48H96NO8P. The van der Waals surface area contributed by atoms with Gasteiger partial charge in [-0.3, -0.25) is 14.2 Å². The summed E-state index contributed by atoms with van der Waals surface area (Å²) in [7, 11) is 1.15. The van der Waals surface area contributed by atoms with Crippen molar-refractivity contribution in [2.45, 2.75) is 204 Å². The molecule has 3 unspecified atom stereocenters. The molecule has 0 aliphatic heterocycles. The Morgan fingerprint density at radius 1 is 0.500 bits per heavy atom. The molecule has 0 saturated carbocycles. The van der Waals surface area contributed by atoms with Crippen LogP contribution in [0.4, 0.5) is 0 Å². The van der Waals surface area contributed by atoms with Gasteiger partial charge < -0.3 is 27.9 Å². The van der Waals surface area contributed by atoms with Gasteiger partial charge in [0.15, 0.2) is 6.10 Å². The van der Waals surface area contributed by atoms with Gasteiger partial charge >= 0.3 is 11.9 Å². The Morgan fingerprint density at radius 2 is 0.845 bits per heavy atom. The van der Waals surface area contributed by atoms with E-state index in [-0.39, 0.29) is 43.9 Å². The molecule has 0 aromatic rings. The van der Waals surface area contributed by atoms with Crippen molar-refractivity contribution in [3.8, 4) is 0 Å². The van der Waals surface area contributed by atoms with Gasteiger partial charge in [0.25, 0.3) is 7.82 Å². The SMILES string of the molecule is CC(C)CCC[C@@H](C)CCC[C@@H](C)CCCC(C)CC(=O)OC[C@H](COP(=O)([O-])OCC[N+](C)(C)C)OC(=O)CC(C)CCC[C@H](C)CCC[C@H](C)CCCC(C)C. The van der Waals surface area contributed by atoms with Gasteiger partial charge in [0.1, 0.15) is 19.8 Å². The van der Waals surface area contributed by atoms with E-state index in [4.69, 9.17) is 18.5 Å². The minimum Gasteiger partial charge on any atom is -0.756 e. The Balaban J connectivity index is 4.82. The van der Waals surface area contributed by atoms with Gasteiger partial charge in [-0.1, -0.05) is 185 Å². The monoisotopic (exact) mass is 846 g/mol. The summed E-state index contributed by atoms with van der Waals surface area (Å²) in [6, 6.07) is 0. The van der Waals surface area contributed by atoms with E-state index < -0.39 is 26.5 Å². The van der Waals surface area contributed by atoms with Crippen LogP contribution < -0.4 is 4.89 Å². The molecule has 0 fully saturated rings. The van der Waals surface area contributed by atoms with Crippen LogP contribution in [0, 0.1) is 47.3 Å². The van der Waals surface area contributed by atoms with E-state index in [2.05, 4.69) is 62.3 Å². The van der Waals surface area contributed by atoms with Crippen LogP contribution in [0.1, 0.15) is 198 Å². The van der Waals surface area contributed by atoms with E-state index >= 15 is 0 Å². The summed E-state index contributed by atoms with van der Waals surface area (Å²) < 4.78 is 34.5. The molecule has 58 heavy (non-hydrogen) atoms. The van der Waals surface area contributed by atoms with Crippen molar-refractivity contribution in [1.82, 2.24) is 0 Å². The van der Waals surface area contributed by atoms with Crippen LogP contribution in [-0.4, -0.2) is 70.0 Å². The fraction of sp³-hybridized carbons (Fsp3) is 0.958. The Bertz CT molecular complexity index is 1080. The summed E-state index contributed by atoms with van der Waals surface area (Å²) in [5.74, 6) is 3.92. The molecule has 0 aromatic heterocycles. The van der Waals surface area contributed by atoms with Gasteiger partial charge in [0, 0.05) is 12.8 Å². The molecule has 0 heterocycles. The number of likely N-dealkylation sites (N-methyl/N-ethyl adjacent to an activating group) is 1. The third-order valence-corrected chi connectivity index (χ3v) is 12.7. The third kappa shape index (κ3) is 36.8. The summed E-state index contributed by atoms with van der Waals surface area (Å²) in [6.45, 7) is 22.4. The van der Waals surface area contributed by atoms with Crippen molar-refractivity contribution in [3.05, 3.63) is 0 Å². The Kier molecular flexibility index (Phi) is 32.1. The van der Waals surface area contributed by atoms with Crippen molar-refractivity contribution >= 4 is 19.8 Å². The maximum atomic E-state index is 13.0. The standard InChI is InChI=1S/C48H96NO8P/c1-38(2)20-14-22-40(5)24-16-26-42(7)28-18-30-44(9)34-47(50)54-36-46(37-56-58(52,53)55-33-32-49(11,12)13)57-48(51)35-45(10)31-19-29-43(8)27-17-25-41(6)23-15-21-39(3)4/h38-46H,14-37H2,1-13H3/t40-,41-,42-,43-,44?,45?,46-/m1/s1. The highest BCUT2D eigenvalue weighted by atomic mass is 31.2. The first-order valence-corrected chi connectivity index (χ1v) is 25.3. The average Bonchev–Trinajstić information content (AvgIpc) is 3.08. The summed E-state index contributed by atoms with van der Waals surface area (Å²) >= 11 is 0. The number of hydrogen-bond acceptors (Lipinski definition) is 8. The Morgan fingerprint density at radius 3 is 1.21 bits per heavy atom. The van der Waals surface area contributed by atoms with Crippen LogP contribution in [0.15, 0.2) is 0 Å². The number of esters is 2. The first-order valence-electron chi connectivity index (χ1n) is 23.8. The molecule has 0 spiro atoms. The highest BCUT2D eigenvalue weighted by Gasteiger charge is 2.23. The second kappa shape index (κ2) is 32.7. The van der Waals surface area contributed by atoms with Gasteiger partial charge in [-0.15, -0.1) is 0 Å². The van der Waals surface area contributed by atoms with Crippen molar-refractivity contribution in [2.24, 2.45) is 47.3 Å². The molecule has 8 atom stereocenters. The number of carbonyl (C=O) groups excluding carboxylic acids is 2. The molecule has 0 saturated heterocycles. The lowest BCUT2D eigenvalue weighted by Gasteiger charge is -2.28. The number of ether oxygens (including phenoxy) is 2. The number of quaternary nitrogens is 1. The first-order chi connectivity index (χ1) is 27.1. The zero-order valence-electron chi connectivity index (χ0n) is 40.3. The molecule has 346 valence electrons. The fourth-order valence-electron chi connectivity index (χ4n) is 7.59. The molecule has 0 aliphatic carbocycles. The van der Waals surface area contributed by atoms with E-state index in [0.29, 0.717) is 22.9 Å². The van der Waals surface area contributed by atoms with Crippen LogP contribution in [0.25, 0.3) is 0 Å².